The molecule has 2 fully saturated rings. The number of fused-ring (bicyclic) bond motifs is 2. The highest BCUT2D eigenvalue weighted by Crippen LogP contribution is 2.60. The number of rotatable bonds is 13. The Labute approximate surface area is 335 Å². The largest absolute Gasteiger partial charge is 0.497 e. The molecule has 5 atom stereocenters. The fourth-order valence-electron chi connectivity index (χ4n) is 9.23. The lowest BCUT2D eigenvalue weighted by molar-refractivity contribution is -0.150. The summed E-state index contributed by atoms with van der Waals surface area (Å²) in [7, 11) is -0.898. The lowest BCUT2D eigenvalue weighted by Crippen LogP contribution is -2.52. The topological polar surface area (TPSA) is 120 Å². The van der Waals surface area contributed by atoms with Gasteiger partial charge in [0, 0.05) is 35.3 Å². The third-order valence-electron chi connectivity index (χ3n) is 12.0. The molecule has 4 aromatic rings. The predicted octanol–water partition coefficient (Wildman–Crippen LogP) is 6.21. The van der Waals surface area contributed by atoms with Crippen LogP contribution in [0.3, 0.4) is 0 Å². The average Bonchev–Trinajstić information content (AvgIpc) is 3.89. The Balaban J connectivity index is 1.25. The van der Waals surface area contributed by atoms with E-state index in [-0.39, 0.29) is 61.3 Å². The predicted molar refractivity (Wildman–Crippen MR) is 222 cm³/mol. The van der Waals surface area contributed by atoms with Crippen molar-refractivity contribution in [1.82, 2.24) is 10.2 Å². The number of nitrogens with zero attached hydrogens (tertiary/aromatic N) is 2. The number of carbonyl (C=O) groups is 3. The van der Waals surface area contributed by atoms with Crippen LogP contribution in [0, 0.1) is 5.92 Å². The number of anilines is 2. The summed E-state index contributed by atoms with van der Waals surface area (Å²) in [5.74, 6) is -0.0174. The first kappa shape index (κ1) is 39.7. The quantitative estimate of drug-likeness (QED) is 0.138. The number of benzene rings is 4. The molecular weight excluding hydrogens is 744 g/mol. The van der Waals surface area contributed by atoms with Gasteiger partial charge < -0.3 is 35.0 Å². The number of ether oxygens (including phenoxy) is 2. The molecule has 294 valence electrons. The van der Waals surface area contributed by atoms with Gasteiger partial charge in [-0.2, -0.15) is 0 Å². The fourth-order valence-corrected chi connectivity index (χ4v) is 13.4. The summed E-state index contributed by atoms with van der Waals surface area (Å²) >= 11 is 6.72. The molecule has 56 heavy (non-hydrogen) atoms. The summed E-state index contributed by atoms with van der Waals surface area (Å²) in [5, 5.41) is 18.0. The minimum Gasteiger partial charge on any atom is -0.497 e. The van der Waals surface area contributed by atoms with E-state index in [0.29, 0.717) is 28.5 Å². The van der Waals surface area contributed by atoms with E-state index in [1.54, 1.807) is 23.0 Å². The van der Waals surface area contributed by atoms with E-state index in [4.69, 9.17) is 21.1 Å². The van der Waals surface area contributed by atoms with Crippen LogP contribution < -0.4 is 25.5 Å². The first-order valence-corrected chi connectivity index (χ1v) is 22.9. The molecule has 7 rings (SSSR count). The van der Waals surface area contributed by atoms with Gasteiger partial charge in [-0.05, 0) is 78.5 Å². The van der Waals surface area contributed by atoms with Gasteiger partial charge >= 0.3 is 0 Å². The van der Waals surface area contributed by atoms with Crippen LogP contribution in [0.2, 0.25) is 23.7 Å². The van der Waals surface area contributed by atoms with Crippen molar-refractivity contribution in [2.24, 2.45) is 5.92 Å². The van der Waals surface area contributed by atoms with Crippen molar-refractivity contribution < 1.29 is 29.0 Å². The van der Waals surface area contributed by atoms with Crippen molar-refractivity contribution >= 4 is 54.0 Å². The number of aliphatic hydroxyl groups excluding tert-OH is 1. The van der Waals surface area contributed by atoms with Crippen LogP contribution in [-0.4, -0.2) is 74.8 Å². The Bertz CT molecular complexity index is 2060. The van der Waals surface area contributed by atoms with Crippen LogP contribution in [0.5, 0.6) is 5.75 Å². The zero-order valence-electron chi connectivity index (χ0n) is 32.5. The van der Waals surface area contributed by atoms with Crippen LogP contribution in [0.1, 0.15) is 42.9 Å². The summed E-state index contributed by atoms with van der Waals surface area (Å²) in [6, 6.07) is 30.7. The van der Waals surface area contributed by atoms with E-state index in [2.05, 4.69) is 42.8 Å². The molecule has 3 aliphatic heterocycles. The first-order valence-electron chi connectivity index (χ1n) is 19.5. The van der Waals surface area contributed by atoms with E-state index in [1.807, 2.05) is 78.9 Å². The van der Waals surface area contributed by atoms with Gasteiger partial charge in [0.15, 0.2) is 5.60 Å². The molecule has 10 nitrogen and oxygen atoms in total. The maximum Gasteiger partial charge on any atom is 0.264 e. The molecule has 0 bridgehead atoms. The van der Waals surface area contributed by atoms with Crippen LogP contribution in [0.15, 0.2) is 97.1 Å². The van der Waals surface area contributed by atoms with Gasteiger partial charge in [-0.25, -0.2) is 0 Å². The number of carbonyl (C=O) groups excluding carboxylic acids is 3. The second kappa shape index (κ2) is 16.5. The van der Waals surface area contributed by atoms with Crippen molar-refractivity contribution in [1.29, 1.82) is 0 Å². The lowest BCUT2D eigenvalue weighted by atomic mass is 9.82. The SMILES string of the molecule is COc1ccc([Si](C)(C)[C@@H]2[C@@H](CC(=O)N(CCO)Cc3ccccc3)O[C@]3(C(=O)N(Cc4cccc(NC(=O)[C@H]5CCCN5)c4)c4ccc(Cl)cc43)[C@H]2C)cc1. The summed E-state index contributed by atoms with van der Waals surface area (Å²) < 4.78 is 12.7. The number of halogens is 1. The number of amides is 3. The Morgan fingerprint density at radius 1 is 1.04 bits per heavy atom. The lowest BCUT2D eigenvalue weighted by Gasteiger charge is -2.37. The molecule has 3 aliphatic rings. The van der Waals surface area contributed by atoms with E-state index >= 15 is 4.79 Å². The molecule has 0 unspecified atom stereocenters. The highest BCUT2D eigenvalue weighted by molar-refractivity contribution is 6.91. The van der Waals surface area contributed by atoms with Crippen molar-refractivity contribution in [3.63, 3.8) is 0 Å². The summed E-state index contributed by atoms with van der Waals surface area (Å²) in [5.41, 5.74) is 2.28. The normalized spacial score (nSPS) is 23.0. The molecular formula is C44H51ClN4O6Si. The van der Waals surface area contributed by atoms with Gasteiger partial charge in [-0.3, -0.25) is 14.4 Å². The van der Waals surface area contributed by atoms with Gasteiger partial charge in [-0.1, -0.05) is 91.4 Å². The highest BCUT2D eigenvalue weighted by Gasteiger charge is 2.66. The smallest absolute Gasteiger partial charge is 0.264 e. The Hall–Kier alpha value is -4.52. The van der Waals surface area contributed by atoms with Crippen molar-refractivity contribution in [3.8, 4) is 5.75 Å². The van der Waals surface area contributed by atoms with Gasteiger partial charge in [0.2, 0.25) is 11.8 Å². The molecule has 0 aromatic heterocycles. The Morgan fingerprint density at radius 2 is 1.79 bits per heavy atom. The van der Waals surface area contributed by atoms with E-state index < -0.39 is 19.8 Å². The monoisotopic (exact) mass is 794 g/mol. The number of hydrogen-bond acceptors (Lipinski definition) is 7. The van der Waals surface area contributed by atoms with Crippen molar-refractivity contribution in [3.05, 3.63) is 119 Å². The second-order valence-electron chi connectivity index (χ2n) is 15.8. The van der Waals surface area contributed by atoms with Gasteiger partial charge in [0.1, 0.15) is 5.75 Å². The fraction of sp³-hybridized carbons (Fsp3) is 0.386. The van der Waals surface area contributed by atoms with Gasteiger partial charge in [0.05, 0.1) is 52.6 Å². The minimum absolute atomic E-state index is 0.0386. The molecule has 1 spiro atoms. The maximum absolute atomic E-state index is 15.3. The standard InChI is InChI=1S/C44H51ClN4O6Si/c1-29-41(56(3,4)35-18-16-34(54-2)17-19-35)39(26-40(51)48(22-23-50)27-30-10-6-5-7-11-30)55-44(29)36-25-32(45)15-20-38(36)49(43(44)53)28-31-12-8-13-33(24-31)47-42(52)37-14-9-21-46-37/h5-8,10-13,15-20,24-25,29,37,39,41,46,50H,9,14,21-23,26-28H2,1-4H3,(H,47,52)/t29-,37+,39+,41-,44+/m0/s1. The van der Waals surface area contributed by atoms with Crippen LogP contribution in [0.4, 0.5) is 11.4 Å². The van der Waals surface area contributed by atoms with Crippen LogP contribution >= 0.6 is 11.6 Å². The molecule has 3 N–H and O–H groups in total. The number of aliphatic hydroxyl groups is 1. The van der Waals surface area contributed by atoms with Gasteiger partial charge in [0.25, 0.3) is 5.91 Å². The molecule has 0 radical (unpaired) electrons. The summed E-state index contributed by atoms with van der Waals surface area (Å²) in [6.07, 6.45) is 1.19. The molecule has 2 saturated heterocycles. The third-order valence-corrected chi connectivity index (χ3v) is 16.6. The second-order valence-corrected chi connectivity index (χ2v) is 20.9. The van der Waals surface area contributed by atoms with Gasteiger partial charge in [-0.15, -0.1) is 0 Å². The summed E-state index contributed by atoms with van der Waals surface area (Å²) in [4.78, 5) is 46.0. The molecule has 0 aliphatic carbocycles. The number of hydrogen-bond donors (Lipinski definition) is 3. The van der Waals surface area contributed by atoms with Crippen LogP contribution in [-0.2, 0) is 37.8 Å². The minimum atomic E-state index is -2.54. The van der Waals surface area contributed by atoms with E-state index in [0.717, 1.165) is 41.4 Å². The molecule has 3 heterocycles. The summed E-state index contributed by atoms with van der Waals surface area (Å²) in [6.45, 7) is 8.05. The molecule has 12 heteroatoms. The van der Waals surface area contributed by atoms with Crippen molar-refractivity contribution in [2.45, 2.75) is 75.7 Å². The highest BCUT2D eigenvalue weighted by atomic mass is 35.5. The zero-order valence-corrected chi connectivity index (χ0v) is 34.2. The van der Waals surface area contributed by atoms with Crippen LogP contribution in [0.25, 0.3) is 0 Å². The average molecular weight is 795 g/mol. The molecule has 3 amide bonds. The first-order chi connectivity index (χ1) is 27.0. The number of nitrogens with one attached hydrogen (secondary N) is 2. The Kier molecular flexibility index (Phi) is 11.7. The third kappa shape index (κ3) is 7.63. The van der Waals surface area contributed by atoms with E-state index in [9.17, 15) is 14.7 Å². The zero-order chi connectivity index (χ0) is 39.6. The molecule has 0 saturated carbocycles. The van der Waals surface area contributed by atoms with Crippen molar-refractivity contribution in [2.75, 3.05) is 37.0 Å². The molecule has 4 aromatic carbocycles. The van der Waals surface area contributed by atoms with E-state index in [1.165, 1.54) is 0 Å². The maximum atomic E-state index is 15.3. The Morgan fingerprint density at radius 3 is 2.48 bits per heavy atom. The number of methoxy groups -OCH3 is 1.